The number of benzene rings is 3. The number of aliphatic imine (C=N–C) groups is 1. The number of carbonyl (C=O) groups is 2. The molecule has 2 heterocycles. The average Bonchev–Trinajstić information content (AvgIpc) is 3.34. The van der Waals surface area contributed by atoms with E-state index in [2.05, 4.69) is 4.99 Å². The molecule has 0 aliphatic carbocycles. The fraction of sp³-hybridized carbons (Fsp3) is 0.0385. The maximum absolute atomic E-state index is 12.9. The summed E-state index contributed by atoms with van der Waals surface area (Å²) in [4.78, 5) is 30.0. The molecule has 3 aromatic carbocycles. The molecule has 5 nitrogen and oxygen atoms in total. The number of ether oxygens (including phenoxy) is 2. The van der Waals surface area contributed by atoms with Gasteiger partial charge in [-0.05, 0) is 43.3 Å². The molecule has 0 amide bonds. The van der Waals surface area contributed by atoms with Crippen molar-refractivity contribution in [1.82, 2.24) is 0 Å². The lowest BCUT2D eigenvalue weighted by Gasteiger charge is -2.07. The van der Waals surface area contributed by atoms with Gasteiger partial charge < -0.3 is 9.47 Å². The summed E-state index contributed by atoms with van der Waals surface area (Å²) in [6, 6.07) is 19.6. The average molecular weight is 508 g/mol. The van der Waals surface area contributed by atoms with Crippen LogP contribution in [-0.2, 0) is 9.53 Å². The Labute approximate surface area is 208 Å². The van der Waals surface area contributed by atoms with E-state index in [0.29, 0.717) is 21.2 Å². The first-order valence-corrected chi connectivity index (χ1v) is 11.7. The van der Waals surface area contributed by atoms with Crippen LogP contribution >= 0.6 is 34.5 Å². The number of hydrogen-bond donors (Lipinski definition) is 0. The Hall–Kier alpha value is -3.45. The largest absolute Gasteiger partial charge is 0.422 e. The molecule has 1 aliphatic heterocycles. The first-order valence-electron chi connectivity index (χ1n) is 10.2. The minimum atomic E-state index is -0.605. The van der Waals surface area contributed by atoms with Crippen LogP contribution in [0.2, 0.25) is 10.0 Å². The van der Waals surface area contributed by atoms with E-state index in [1.165, 1.54) is 17.4 Å². The molecule has 0 radical (unpaired) electrons. The number of aryl methyl sites for hydroxylation is 1. The van der Waals surface area contributed by atoms with Gasteiger partial charge in [0.05, 0.1) is 5.02 Å². The molecule has 34 heavy (non-hydrogen) atoms. The third kappa shape index (κ3) is 4.35. The second-order valence-corrected chi connectivity index (χ2v) is 9.39. The van der Waals surface area contributed by atoms with Gasteiger partial charge in [-0.15, -0.1) is 11.3 Å². The zero-order valence-electron chi connectivity index (χ0n) is 17.7. The number of hydrogen-bond acceptors (Lipinski definition) is 6. The third-order valence-electron chi connectivity index (χ3n) is 5.08. The van der Waals surface area contributed by atoms with Gasteiger partial charge >= 0.3 is 11.9 Å². The molecule has 168 valence electrons. The van der Waals surface area contributed by atoms with E-state index >= 15 is 0 Å². The molecule has 0 atom stereocenters. The fourth-order valence-corrected chi connectivity index (χ4v) is 5.13. The molecule has 0 saturated heterocycles. The molecular formula is C26H15Cl2NO4S. The maximum Gasteiger partial charge on any atom is 0.363 e. The Morgan fingerprint density at radius 3 is 2.71 bits per heavy atom. The monoisotopic (exact) mass is 507 g/mol. The van der Waals surface area contributed by atoms with E-state index < -0.39 is 11.9 Å². The van der Waals surface area contributed by atoms with E-state index in [9.17, 15) is 9.59 Å². The van der Waals surface area contributed by atoms with E-state index in [1.54, 1.807) is 42.5 Å². The molecule has 5 rings (SSSR count). The molecule has 0 N–H and O–H groups in total. The minimum absolute atomic E-state index is 0.106. The fourth-order valence-electron chi connectivity index (χ4n) is 3.47. The highest BCUT2D eigenvalue weighted by Gasteiger charge is 2.25. The summed E-state index contributed by atoms with van der Waals surface area (Å²) in [6.07, 6.45) is 1.53. The summed E-state index contributed by atoms with van der Waals surface area (Å²) < 4.78 is 11.8. The molecule has 8 heteroatoms. The normalized spacial score (nSPS) is 14.4. The van der Waals surface area contributed by atoms with Crippen LogP contribution in [0, 0.1) is 6.92 Å². The lowest BCUT2D eigenvalue weighted by molar-refractivity contribution is -0.129. The first kappa shape index (κ1) is 22.3. The van der Waals surface area contributed by atoms with Crippen molar-refractivity contribution in [3.63, 3.8) is 0 Å². The molecule has 0 saturated carbocycles. The number of cyclic esters (lactones) is 1. The molecule has 0 spiro atoms. The Balaban J connectivity index is 1.45. The van der Waals surface area contributed by atoms with E-state index in [1.807, 2.05) is 31.2 Å². The first-order chi connectivity index (χ1) is 16.4. The van der Waals surface area contributed by atoms with Gasteiger partial charge in [-0.2, -0.15) is 0 Å². The zero-order chi connectivity index (χ0) is 23.8. The van der Waals surface area contributed by atoms with E-state index in [-0.39, 0.29) is 22.2 Å². The van der Waals surface area contributed by atoms with Crippen molar-refractivity contribution in [1.29, 1.82) is 0 Å². The van der Waals surface area contributed by atoms with Gasteiger partial charge in [-0.25, -0.2) is 14.6 Å². The van der Waals surface area contributed by atoms with Crippen molar-refractivity contribution < 1.29 is 19.1 Å². The summed E-state index contributed by atoms with van der Waals surface area (Å²) >= 11 is 13.7. The summed E-state index contributed by atoms with van der Waals surface area (Å²) in [7, 11) is 0. The highest BCUT2D eigenvalue weighted by Crippen LogP contribution is 2.37. The number of fused-ring (bicyclic) bond motifs is 1. The molecule has 4 aromatic rings. The van der Waals surface area contributed by atoms with Crippen molar-refractivity contribution >= 4 is 68.5 Å². The number of nitrogens with zero attached hydrogens (tertiary/aromatic N) is 1. The van der Waals surface area contributed by atoms with Crippen molar-refractivity contribution in [2.75, 3.05) is 0 Å². The van der Waals surface area contributed by atoms with Crippen LogP contribution in [0.1, 0.15) is 26.4 Å². The van der Waals surface area contributed by atoms with Crippen LogP contribution in [0.15, 0.2) is 77.4 Å². The second-order valence-electron chi connectivity index (χ2n) is 7.52. The Kier molecular flexibility index (Phi) is 5.96. The summed E-state index contributed by atoms with van der Waals surface area (Å²) in [5.41, 5.74) is 2.33. The Bertz CT molecular complexity index is 1540. The van der Waals surface area contributed by atoms with Gasteiger partial charge in [0, 0.05) is 26.2 Å². The Morgan fingerprint density at radius 1 is 1.06 bits per heavy atom. The van der Waals surface area contributed by atoms with Crippen LogP contribution in [0.25, 0.3) is 16.2 Å². The van der Waals surface area contributed by atoms with Gasteiger partial charge in [0.2, 0.25) is 5.90 Å². The highest BCUT2D eigenvalue weighted by atomic mass is 35.5. The van der Waals surface area contributed by atoms with Gasteiger partial charge in [0.1, 0.15) is 10.6 Å². The van der Waals surface area contributed by atoms with Gasteiger partial charge in [0.25, 0.3) is 0 Å². The number of rotatable bonds is 4. The molecule has 0 bridgehead atoms. The highest BCUT2D eigenvalue weighted by molar-refractivity contribution is 7.21. The van der Waals surface area contributed by atoms with Crippen molar-refractivity contribution in [2.24, 2.45) is 4.99 Å². The van der Waals surface area contributed by atoms with Crippen LogP contribution in [0.3, 0.4) is 0 Å². The van der Waals surface area contributed by atoms with Crippen LogP contribution in [-0.4, -0.2) is 17.8 Å². The maximum atomic E-state index is 12.9. The minimum Gasteiger partial charge on any atom is -0.422 e. The van der Waals surface area contributed by atoms with Crippen LogP contribution in [0.4, 0.5) is 0 Å². The van der Waals surface area contributed by atoms with Crippen molar-refractivity contribution in [3.05, 3.63) is 104 Å². The Morgan fingerprint density at radius 2 is 1.88 bits per heavy atom. The summed E-state index contributed by atoms with van der Waals surface area (Å²) in [5, 5.41) is 1.59. The lowest BCUT2D eigenvalue weighted by atomic mass is 10.1. The predicted octanol–water partition coefficient (Wildman–Crippen LogP) is 7.08. The molecule has 1 aliphatic rings. The third-order valence-corrected chi connectivity index (χ3v) is 6.95. The summed E-state index contributed by atoms with van der Waals surface area (Å²) in [6.45, 7) is 1.94. The van der Waals surface area contributed by atoms with Gasteiger partial charge in [-0.1, -0.05) is 65.2 Å². The van der Waals surface area contributed by atoms with Crippen molar-refractivity contribution in [3.8, 4) is 5.75 Å². The van der Waals surface area contributed by atoms with Gasteiger partial charge in [0.15, 0.2) is 5.70 Å². The quantitative estimate of drug-likeness (QED) is 0.168. The standard InChI is InChI=1S/C26H15Cl2NO4S/c1-14-5-4-7-16(11-14)24-29-19(25(30)33-24)12-15-6-2-3-8-20(15)32-26(31)23-22(28)18-10-9-17(27)13-21(18)34-23/h2-13H,1H3/b19-12+. The molecule has 0 unspecified atom stereocenters. The molecule has 0 fully saturated rings. The lowest BCUT2D eigenvalue weighted by Crippen LogP contribution is -2.08. The number of esters is 2. The number of thiophene rings is 1. The molecular weight excluding hydrogens is 493 g/mol. The second kappa shape index (κ2) is 9.06. The number of para-hydroxylation sites is 1. The van der Waals surface area contributed by atoms with Crippen molar-refractivity contribution in [2.45, 2.75) is 6.92 Å². The predicted molar refractivity (Wildman–Crippen MR) is 135 cm³/mol. The summed E-state index contributed by atoms with van der Waals surface area (Å²) in [5.74, 6) is -0.697. The SMILES string of the molecule is Cc1cccc(C2=N/C(=C/c3ccccc3OC(=O)c3sc4cc(Cl)ccc4c3Cl)C(=O)O2)c1. The number of halogens is 2. The van der Waals surface area contributed by atoms with Gasteiger partial charge in [-0.3, -0.25) is 0 Å². The number of carbonyl (C=O) groups excluding carboxylic acids is 2. The van der Waals surface area contributed by atoms with Crippen LogP contribution in [0.5, 0.6) is 5.75 Å². The topological polar surface area (TPSA) is 65.0 Å². The van der Waals surface area contributed by atoms with E-state index in [0.717, 1.165) is 15.6 Å². The smallest absolute Gasteiger partial charge is 0.363 e. The molecule has 1 aromatic heterocycles. The zero-order valence-corrected chi connectivity index (χ0v) is 20.0. The van der Waals surface area contributed by atoms with E-state index in [4.69, 9.17) is 32.7 Å². The van der Waals surface area contributed by atoms with Crippen LogP contribution < -0.4 is 4.74 Å².